The Bertz CT molecular complexity index is 161. The van der Waals surface area contributed by atoms with Crippen LogP contribution in [0.5, 0.6) is 0 Å². The lowest BCUT2D eigenvalue weighted by Crippen LogP contribution is -2.23. The lowest BCUT2D eigenvalue weighted by molar-refractivity contribution is -0.106. The first-order chi connectivity index (χ1) is 4.74. The van der Waals surface area contributed by atoms with Crippen LogP contribution in [0.1, 0.15) is 20.3 Å². The van der Waals surface area contributed by atoms with E-state index >= 15 is 0 Å². The van der Waals surface area contributed by atoms with Gasteiger partial charge in [-0.3, -0.25) is 4.79 Å². The molecule has 0 bridgehead atoms. The summed E-state index contributed by atoms with van der Waals surface area (Å²) in [5.74, 6) is 0. The van der Waals surface area contributed by atoms with E-state index in [2.05, 4.69) is 0 Å². The Morgan fingerprint density at radius 3 is 2.90 bits per heavy atom. The van der Waals surface area contributed by atoms with Gasteiger partial charge >= 0.3 is 0 Å². The minimum atomic E-state index is -0.0127. The molecule has 0 radical (unpaired) electrons. The Kier molecular flexibility index (Phi) is 2.22. The molecule has 56 valence electrons. The molecule has 0 saturated carbocycles. The molecule has 2 heteroatoms. The number of hydrogen-bond donors (Lipinski definition) is 0. The molecule has 2 atom stereocenters. The van der Waals surface area contributed by atoms with Crippen molar-refractivity contribution < 1.29 is 9.53 Å². The topological polar surface area (TPSA) is 26.3 Å². The van der Waals surface area contributed by atoms with Crippen molar-refractivity contribution in [3.05, 3.63) is 11.6 Å². The van der Waals surface area contributed by atoms with Gasteiger partial charge in [0.2, 0.25) is 0 Å². The number of carbonyl (C=O) groups excluding carboxylic acids is 1. The van der Waals surface area contributed by atoms with Crippen molar-refractivity contribution >= 4 is 6.29 Å². The number of carbonyl (C=O) groups is 1. The third kappa shape index (κ3) is 1.45. The Hall–Kier alpha value is -0.630. The smallest absolute Gasteiger partial charge is 0.148 e. The highest BCUT2D eigenvalue weighted by molar-refractivity contribution is 5.74. The zero-order chi connectivity index (χ0) is 7.56. The van der Waals surface area contributed by atoms with Gasteiger partial charge in [-0.15, -0.1) is 0 Å². The zero-order valence-corrected chi connectivity index (χ0v) is 6.33. The van der Waals surface area contributed by atoms with Crippen LogP contribution in [-0.2, 0) is 9.53 Å². The van der Waals surface area contributed by atoms with E-state index in [0.29, 0.717) is 0 Å². The van der Waals surface area contributed by atoms with Gasteiger partial charge in [0, 0.05) is 5.57 Å². The molecule has 0 aromatic carbocycles. The molecule has 1 aliphatic heterocycles. The Morgan fingerprint density at radius 2 is 2.40 bits per heavy atom. The van der Waals surface area contributed by atoms with Crippen LogP contribution in [-0.4, -0.2) is 18.5 Å². The average molecular weight is 140 g/mol. The van der Waals surface area contributed by atoms with E-state index in [9.17, 15) is 4.79 Å². The van der Waals surface area contributed by atoms with Gasteiger partial charge in [-0.25, -0.2) is 0 Å². The molecule has 0 saturated heterocycles. The average Bonchev–Trinajstić information content (AvgIpc) is 1.88. The quantitative estimate of drug-likeness (QED) is 0.513. The standard InChI is InChI=1S/C8H12O2/c1-6-3-4-8(5-9)7(2)10-6/h4-7H,3H2,1-2H3/t6-,7+/m0/s1. The highest BCUT2D eigenvalue weighted by Gasteiger charge is 2.16. The third-order valence-electron chi connectivity index (χ3n) is 1.73. The summed E-state index contributed by atoms with van der Waals surface area (Å²) in [6.45, 7) is 3.91. The second-order valence-electron chi connectivity index (χ2n) is 2.65. The highest BCUT2D eigenvalue weighted by Crippen LogP contribution is 2.16. The van der Waals surface area contributed by atoms with Crippen molar-refractivity contribution in [3.63, 3.8) is 0 Å². The molecule has 0 aromatic rings. The Labute approximate surface area is 60.9 Å². The SMILES string of the molecule is C[C@H]1CC=C(C=O)[C@@H](C)O1. The molecule has 0 amide bonds. The number of rotatable bonds is 1. The van der Waals surface area contributed by atoms with Crippen molar-refractivity contribution in [2.45, 2.75) is 32.5 Å². The molecule has 0 unspecified atom stereocenters. The van der Waals surface area contributed by atoms with Crippen molar-refractivity contribution in [1.29, 1.82) is 0 Å². The van der Waals surface area contributed by atoms with E-state index in [1.54, 1.807) is 0 Å². The summed E-state index contributed by atoms with van der Waals surface area (Å²) in [6.07, 6.45) is 3.93. The van der Waals surface area contributed by atoms with Crippen LogP contribution in [0.3, 0.4) is 0 Å². The number of aldehydes is 1. The number of ether oxygens (including phenoxy) is 1. The van der Waals surface area contributed by atoms with Gasteiger partial charge in [-0.05, 0) is 20.3 Å². The largest absolute Gasteiger partial charge is 0.370 e. The molecular weight excluding hydrogens is 128 g/mol. The van der Waals surface area contributed by atoms with Gasteiger partial charge in [0.05, 0.1) is 12.2 Å². The van der Waals surface area contributed by atoms with Crippen molar-refractivity contribution in [1.82, 2.24) is 0 Å². The first-order valence-corrected chi connectivity index (χ1v) is 3.54. The van der Waals surface area contributed by atoms with Crippen LogP contribution in [0, 0.1) is 0 Å². The number of hydrogen-bond acceptors (Lipinski definition) is 2. The summed E-state index contributed by atoms with van der Waals surface area (Å²) in [4.78, 5) is 10.3. The minimum Gasteiger partial charge on any atom is -0.370 e. The molecule has 0 N–H and O–H groups in total. The molecule has 10 heavy (non-hydrogen) atoms. The fourth-order valence-corrected chi connectivity index (χ4v) is 1.09. The molecule has 0 aliphatic carbocycles. The second kappa shape index (κ2) is 2.97. The van der Waals surface area contributed by atoms with Crippen LogP contribution in [0.25, 0.3) is 0 Å². The van der Waals surface area contributed by atoms with Crippen LogP contribution >= 0.6 is 0 Å². The third-order valence-corrected chi connectivity index (χ3v) is 1.73. The van der Waals surface area contributed by atoms with Gasteiger partial charge in [0.15, 0.2) is 0 Å². The van der Waals surface area contributed by atoms with E-state index in [-0.39, 0.29) is 12.2 Å². The van der Waals surface area contributed by atoms with Crippen molar-refractivity contribution in [2.75, 3.05) is 0 Å². The van der Waals surface area contributed by atoms with E-state index in [4.69, 9.17) is 4.74 Å². The van der Waals surface area contributed by atoms with Gasteiger partial charge in [0.1, 0.15) is 6.29 Å². The predicted molar refractivity (Wildman–Crippen MR) is 38.8 cm³/mol. The van der Waals surface area contributed by atoms with Crippen LogP contribution in [0.15, 0.2) is 11.6 Å². The molecule has 2 nitrogen and oxygen atoms in total. The summed E-state index contributed by atoms with van der Waals surface area (Å²) < 4.78 is 5.39. The van der Waals surface area contributed by atoms with Gasteiger partial charge < -0.3 is 4.74 Å². The van der Waals surface area contributed by atoms with Crippen molar-refractivity contribution in [2.24, 2.45) is 0 Å². The van der Waals surface area contributed by atoms with E-state index in [1.807, 2.05) is 19.9 Å². The van der Waals surface area contributed by atoms with Crippen LogP contribution in [0.2, 0.25) is 0 Å². The van der Waals surface area contributed by atoms with Gasteiger partial charge in [-0.1, -0.05) is 6.08 Å². The predicted octanol–water partition coefficient (Wildman–Crippen LogP) is 1.31. The molecule has 1 heterocycles. The van der Waals surface area contributed by atoms with Crippen LogP contribution in [0.4, 0.5) is 0 Å². The van der Waals surface area contributed by atoms with E-state index in [0.717, 1.165) is 18.3 Å². The Morgan fingerprint density at radius 1 is 1.70 bits per heavy atom. The van der Waals surface area contributed by atoms with Crippen molar-refractivity contribution in [3.8, 4) is 0 Å². The highest BCUT2D eigenvalue weighted by atomic mass is 16.5. The molecule has 1 rings (SSSR count). The lowest BCUT2D eigenvalue weighted by Gasteiger charge is -2.23. The first kappa shape index (κ1) is 7.48. The minimum absolute atomic E-state index is 0.0127. The normalized spacial score (nSPS) is 33.2. The summed E-state index contributed by atoms with van der Waals surface area (Å²) in [6, 6.07) is 0. The lowest BCUT2D eigenvalue weighted by atomic mass is 10.1. The zero-order valence-electron chi connectivity index (χ0n) is 6.33. The Balaban J connectivity index is 2.65. The molecule has 1 aliphatic rings. The summed E-state index contributed by atoms with van der Waals surface area (Å²) in [5.41, 5.74) is 0.776. The summed E-state index contributed by atoms with van der Waals surface area (Å²) in [7, 11) is 0. The van der Waals surface area contributed by atoms with Gasteiger partial charge in [-0.2, -0.15) is 0 Å². The summed E-state index contributed by atoms with van der Waals surface area (Å²) in [5, 5.41) is 0. The van der Waals surface area contributed by atoms with E-state index < -0.39 is 0 Å². The maximum absolute atomic E-state index is 10.3. The monoisotopic (exact) mass is 140 g/mol. The second-order valence-corrected chi connectivity index (χ2v) is 2.65. The molecular formula is C8H12O2. The first-order valence-electron chi connectivity index (χ1n) is 3.54. The maximum atomic E-state index is 10.3. The summed E-state index contributed by atoms with van der Waals surface area (Å²) >= 11 is 0. The van der Waals surface area contributed by atoms with E-state index in [1.165, 1.54) is 0 Å². The molecule has 0 aromatic heterocycles. The fourth-order valence-electron chi connectivity index (χ4n) is 1.09. The van der Waals surface area contributed by atoms with Gasteiger partial charge in [0.25, 0.3) is 0 Å². The molecule has 0 fully saturated rings. The maximum Gasteiger partial charge on any atom is 0.148 e. The fraction of sp³-hybridized carbons (Fsp3) is 0.625. The van der Waals surface area contributed by atoms with Crippen LogP contribution < -0.4 is 0 Å². The molecule has 0 spiro atoms.